The quantitative estimate of drug-likeness (QED) is 0.156. The molecule has 0 bridgehead atoms. The molecule has 0 saturated heterocycles. The second kappa shape index (κ2) is 8.29. The molecule has 1 nitrogen and oxygen atoms in total. The molecule has 186 valence electrons. The summed E-state index contributed by atoms with van der Waals surface area (Å²) in [6.45, 7) is 0. The predicted octanol–water partition coefficient (Wildman–Crippen LogP) is 11.1. The summed E-state index contributed by atoms with van der Waals surface area (Å²) in [5.74, 6) is 0. The number of thiophene rings is 1. The molecule has 0 saturated carbocycles. The van der Waals surface area contributed by atoms with Crippen LogP contribution in [-0.4, -0.2) is 4.40 Å². The Morgan fingerprint density at radius 1 is 0.425 bits per heavy atom. The Bertz CT molecular complexity index is 2410. The number of hydrogen-bond acceptors (Lipinski definition) is 1. The fourth-order valence-electron chi connectivity index (χ4n) is 6.51. The molecule has 0 N–H and O–H groups in total. The molecular weight excluding hydrogens is 502 g/mol. The molecule has 2 heteroatoms. The minimum Gasteiger partial charge on any atom is -0.308 e. The van der Waals surface area contributed by atoms with Gasteiger partial charge in [-0.1, -0.05) is 103 Å². The molecule has 6 aromatic carbocycles. The molecule has 0 aliphatic heterocycles. The van der Waals surface area contributed by atoms with Crippen LogP contribution in [0.15, 0.2) is 140 Å². The van der Waals surface area contributed by atoms with E-state index < -0.39 is 0 Å². The van der Waals surface area contributed by atoms with E-state index in [9.17, 15) is 0 Å². The molecular formula is C38H23NS. The summed E-state index contributed by atoms with van der Waals surface area (Å²) >= 11 is 1.89. The van der Waals surface area contributed by atoms with Crippen molar-refractivity contribution < 1.29 is 0 Å². The van der Waals surface area contributed by atoms with Crippen molar-refractivity contribution >= 4 is 69.5 Å². The van der Waals surface area contributed by atoms with E-state index in [0.717, 1.165) is 0 Å². The zero-order valence-electron chi connectivity index (χ0n) is 21.6. The van der Waals surface area contributed by atoms with Crippen LogP contribution in [-0.2, 0) is 0 Å². The van der Waals surface area contributed by atoms with Gasteiger partial charge in [0.05, 0.1) is 16.7 Å². The summed E-state index contributed by atoms with van der Waals surface area (Å²) in [6, 6.07) is 51.3. The first-order chi connectivity index (χ1) is 19.8. The minimum absolute atomic E-state index is 1.22. The average molecular weight is 526 g/mol. The highest BCUT2D eigenvalue weighted by Crippen LogP contribution is 2.44. The molecule has 0 radical (unpaired) electrons. The Kier molecular flexibility index (Phi) is 4.55. The van der Waals surface area contributed by atoms with Crippen molar-refractivity contribution in [2.75, 3.05) is 0 Å². The summed E-state index contributed by atoms with van der Waals surface area (Å²) in [7, 11) is 0. The van der Waals surface area contributed by atoms with Gasteiger partial charge in [0.15, 0.2) is 0 Å². The van der Waals surface area contributed by atoms with Gasteiger partial charge in [0, 0.05) is 36.5 Å². The Balaban J connectivity index is 1.58. The maximum atomic E-state index is 2.52. The van der Waals surface area contributed by atoms with Gasteiger partial charge < -0.3 is 4.40 Å². The lowest BCUT2D eigenvalue weighted by atomic mass is 9.97. The summed E-state index contributed by atoms with van der Waals surface area (Å²) in [6.07, 6.45) is 0. The topological polar surface area (TPSA) is 4.41 Å². The Labute approximate surface area is 235 Å². The van der Waals surface area contributed by atoms with Gasteiger partial charge >= 0.3 is 0 Å². The third-order valence-corrected chi connectivity index (χ3v) is 9.46. The lowest BCUT2D eigenvalue weighted by Crippen LogP contribution is -1.94. The maximum Gasteiger partial charge on any atom is 0.0620 e. The highest BCUT2D eigenvalue weighted by atomic mass is 32.1. The van der Waals surface area contributed by atoms with E-state index in [0.29, 0.717) is 0 Å². The van der Waals surface area contributed by atoms with Crippen molar-refractivity contribution in [1.29, 1.82) is 0 Å². The lowest BCUT2D eigenvalue weighted by molar-refractivity contribution is 1.29. The van der Waals surface area contributed by atoms with Crippen LogP contribution in [0.1, 0.15) is 0 Å². The lowest BCUT2D eigenvalue weighted by Gasteiger charge is -2.15. The summed E-state index contributed by atoms with van der Waals surface area (Å²) in [4.78, 5) is 0. The van der Waals surface area contributed by atoms with Crippen LogP contribution in [0.3, 0.4) is 0 Å². The van der Waals surface area contributed by atoms with E-state index in [1.807, 2.05) is 11.3 Å². The maximum absolute atomic E-state index is 2.52. The van der Waals surface area contributed by atoms with Gasteiger partial charge in [-0.05, 0) is 63.7 Å². The molecule has 0 fully saturated rings. The van der Waals surface area contributed by atoms with Crippen LogP contribution in [0.5, 0.6) is 0 Å². The Hall–Kier alpha value is -4.92. The van der Waals surface area contributed by atoms with E-state index in [2.05, 4.69) is 144 Å². The van der Waals surface area contributed by atoms with Crippen LogP contribution in [0.25, 0.3) is 80.5 Å². The number of fused-ring (bicyclic) bond motifs is 10. The van der Waals surface area contributed by atoms with Crippen LogP contribution in [0.4, 0.5) is 0 Å². The smallest absolute Gasteiger partial charge is 0.0620 e. The normalized spacial score (nSPS) is 12.0. The molecule has 0 amide bonds. The fourth-order valence-corrected chi connectivity index (χ4v) is 7.63. The second-order valence-electron chi connectivity index (χ2n) is 10.6. The van der Waals surface area contributed by atoms with Crippen molar-refractivity contribution in [3.05, 3.63) is 140 Å². The average Bonchev–Trinajstić information content (AvgIpc) is 3.59. The number of pyridine rings is 1. The Morgan fingerprint density at radius 3 is 1.85 bits per heavy atom. The molecule has 3 aromatic heterocycles. The SMILES string of the molecule is c1ccc(-c2cc(-c3ccccc3)n3c4cc5c(cc4c4cc6ccccc6cc4c23)sc2ccccc25)cc1. The van der Waals surface area contributed by atoms with Crippen molar-refractivity contribution in [3.63, 3.8) is 0 Å². The van der Waals surface area contributed by atoms with Crippen molar-refractivity contribution in [2.24, 2.45) is 0 Å². The van der Waals surface area contributed by atoms with E-state index in [1.165, 1.54) is 80.5 Å². The highest BCUT2D eigenvalue weighted by molar-refractivity contribution is 7.25. The van der Waals surface area contributed by atoms with Gasteiger partial charge in [0.1, 0.15) is 0 Å². The highest BCUT2D eigenvalue weighted by Gasteiger charge is 2.20. The van der Waals surface area contributed by atoms with Gasteiger partial charge in [0.25, 0.3) is 0 Å². The molecule has 0 aliphatic carbocycles. The standard InChI is InChI=1S/C38H23NS/c1-3-11-24(12-4-1)29-21-34(25-13-5-2-6-14-25)39-35-22-32-28-17-9-10-18-36(28)40-37(32)23-31(35)30-19-26-15-7-8-16-27(26)20-33(30)38(29)39/h1-23H. The van der Waals surface area contributed by atoms with Crippen molar-refractivity contribution in [1.82, 2.24) is 4.40 Å². The van der Waals surface area contributed by atoms with Gasteiger partial charge in [-0.15, -0.1) is 11.3 Å². The van der Waals surface area contributed by atoms with Gasteiger partial charge in [-0.3, -0.25) is 0 Å². The molecule has 9 rings (SSSR count). The summed E-state index contributed by atoms with van der Waals surface area (Å²) in [5, 5.41) is 9.06. The van der Waals surface area contributed by atoms with Crippen LogP contribution >= 0.6 is 11.3 Å². The van der Waals surface area contributed by atoms with Crippen LogP contribution in [0, 0.1) is 0 Å². The van der Waals surface area contributed by atoms with Crippen LogP contribution < -0.4 is 0 Å². The number of rotatable bonds is 2. The Morgan fingerprint density at radius 2 is 1.07 bits per heavy atom. The molecule has 0 spiro atoms. The number of benzene rings is 6. The third-order valence-electron chi connectivity index (χ3n) is 8.32. The zero-order chi connectivity index (χ0) is 26.2. The second-order valence-corrected chi connectivity index (χ2v) is 11.7. The molecule has 0 aliphatic rings. The first-order valence-electron chi connectivity index (χ1n) is 13.7. The van der Waals surface area contributed by atoms with E-state index in [4.69, 9.17) is 0 Å². The number of nitrogens with zero attached hydrogens (tertiary/aromatic N) is 1. The molecule has 3 heterocycles. The van der Waals surface area contributed by atoms with E-state index in [-0.39, 0.29) is 0 Å². The number of hydrogen-bond donors (Lipinski definition) is 0. The molecule has 0 atom stereocenters. The first-order valence-corrected chi connectivity index (χ1v) is 14.5. The molecule has 0 unspecified atom stereocenters. The van der Waals surface area contributed by atoms with Gasteiger partial charge in [-0.2, -0.15) is 0 Å². The van der Waals surface area contributed by atoms with E-state index >= 15 is 0 Å². The van der Waals surface area contributed by atoms with Crippen molar-refractivity contribution in [3.8, 4) is 22.4 Å². The van der Waals surface area contributed by atoms with E-state index in [1.54, 1.807) is 0 Å². The van der Waals surface area contributed by atoms with Gasteiger partial charge in [-0.25, -0.2) is 0 Å². The summed E-state index contributed by atoms with van der Waals surface area (Å²) < 4.78 is 5.19. The molecule has 9 aromatic rings. The summed E-state index contributed by atoms with van der Waals surface area (Å²) in [5.41, 5.74) is 7.44. The monoisotopic (exact) mass is 525 g/mol. The first kappa shape index (κ1) is 22.0. The van der Waals surface area contributed by atoms with Crippen molar-refractivity contribution in [2.45, 2.75) is 0 Å². The minimum atomic E-state index is 1.22. The third kappa shape index (κ3) is 3.08. The largest absolute Gasteiger partial charge is 0.308 e. The predicted molar refractivity (Wildman–Crippen MR) is 174 cm³/mol. The van der Waals surface area contributed by atoms with Gasteiger partial charge in [0.2, 0.25) is 0 Å². The van der Waals surface area contributed by atoms with Crippen LogP contribution in [0.2, 0.25) is 0 Å². The fraction of sp³-hybridized carbons (Fsp3) is 0. The number of aromatic nitrogens is 1. The molecule has 40 heavy (non-hydrogen) atoms. The zero-order valence-corrected chi connectivity index (χ0v) is 22.5.